The smallest absolute Gasteiger partial charge is 0.255 e. The van der Waals surface area contributed by atoms with Crippen molar-refractivity contribution in [2.45, 2.75) is 24.9 Å². The number of nitrogens with zero attached hydrogens (tertiary/aromatic N) is 4. The number of aryl methyl sites for hydroxylation is 1. The minimum Gasteiger partial charge on any atom is -0.311 e. The summed E-state index contributed by atoms with van der Waals surface area (Å²) in [6, 6.07) is 16.0. The normalized spacial score (nSPS) is 23.3. The molecular formula is C25H30N4O2. The summed E-state index contributed by atoms with van der Waals surface area (Å²) in [6.45, 7) is 3.28. The molecule has 162 valence electrons. The van der Waals surface area contributed by atoms with Crippen molar-refractivity contribution in [3.05, 3.63) is 80.5 Å². The predicted molar refractivity (Wildman–Crippen MR) is 124 cm³/mol. The summed E-state index contributed by atoms with van der Waals surface area (Å²) in [4.78, 5) is 30.4. The molecule has 0 aliphatic carbocycles. The molecule has 0 N–H and O–H groups in total. The van der Waals surface area contributed by atoms with Crippen molar-refractivity contribution < 1.29 is 0 Å². The van der Waals surface area contributed by atoms with Crippen LogP contribution in [0.2, 0.25) is 0 Å². The molecule has 6 nitrogen and oxygen atoms in total. The van der Waals surface area contributed by atoms with Crippen LogP contribution in [0.5, 0.6) is 0 Å². The zero-order valence-corrected chi connectivity index (χ0v) is 18.5. The standard InChI is InChI=1S/C25H30N4O2/c1-26(2)16-23-19-12-18(22-9-6-10-24(30)29(22)23)13-28(14-19)15-20-11-17-7-4-5-8-21(17)27(3)25(20)31/h4-11,18-19,23H,12-16H2,1-3H3/t18-,19+,23+/m1/s1. The lowest BCUT2D eigenvalue weighted by molar-refractivity contribution is 0.0741. The molecule has 1 aromatic carbocycles. The fourth-order valence-electron chi connectivity index (χ4n) is 5.72. The highest BCUT2D eigenvalue weighted by molar-refractivity contribution is 5.79. The molecule has 1 saturated heterocycles. The molecule has 4 heterocycles. The third-order valence-corrected chi connectivity index (χ3v) is 7.03. The van der Waals surface area contributed by atoms with Gasteiger partial charge in [-0.3, -0.25) is 14.5 Å². The van der Waals surface area contributed by atoms with Crippen LogP contribution in [0.4, 0.5) is 0 Å². The van der Waals surface area contributed by atoms with Crippen LogP contribution in [0.1, 0.15) is 29.6 Å². The van der Waals surface area contributed by atoms with E-state index in [0.29, 0.717) is 18.4 Å². The van der Waals surface area contributed by atoms with E-state index in [9.17, 15) is 9.59 Å². The first-order valence-electron chi connectivity index (χ1n) is 11.1. The van der Waals surface area contributed by atoms with E-state index in [2.05, 4.69) is 42.1 Å². The van der Waals surface area contributed by atoms with Gasteiger partial charge in [0.1, 0.15) is 0 Å². The Balaban J connectivity index is 1.49. The van der Waals surface area contributed by atoms with Crippen LogP contribution in [0, 0.1) is 5.92 Å². The van der Waals surface area contributed by atoms with Gasteiger partial charge in [0.2, 0.25) is 0 Å². The zero-order chi connectivity index (χ0) is 21.7. The molecule has 0 spiro atoms. The summed E-state index contributed by atoms with van der Waals surface area (Å²) < 4.78 is 3.81. The van der Waals surface area contributed by atoms with Gasteiger partial charge in [0.05, 0.1) is 11.6 Å². The summed E-state index contributed by atoms with van der Waals surface area (Å²) in [7, 11) is 5.99. The molecule has 0 unspecified atom stereocenters. The third-order valence-electron chi connectivity index (χ3n) is 7.03. The Morgan fingerprint density at radius 2 is 1.84 bits per heavy atom. The SMILES string of the molecule is CN(C)C[C@H]1[C@H]2C[C@H](CN(Cc3cc4ccccc4n(C)c3=O)C2)c2cccc(=O)n21. The average Bonchev–Trinajstić information content (AvgIpc) is 2.75. The topological polar surface area (TPSA) is 50.5 Å². The zero-order valence-electron chi connectivity index (χ0n) is 18.5. The lowest BCUT2D eigenvalue weighted by Crippen LogP contribution is -2.51. The number of piperidine rings is 1. The number of aromatic nitrogens is 2. The maximum Gasteiger partial charge on any atom is 0.255 e. The summed E-state index contributed by atoms with van der Waals surface area (Å²) >= 11 is 0. The monoisotopic (exact) mass is 418 g/mol. The summed E-state index contributed by atoms with van der Waals surface area (Å²) in [6.07, 6.45) is 1.11. The first kappa shape index (κ1) is 20.2. The fraction of sp³-hybridized carbons (Fsp3) is 0.440. The Morgan fingerprint density at radius 1 is 1.03 bits per heavy atom. The number of para-hydroxylation sites is 1. The van der Waals surface area contributed by atoms with E-state index < -0.39 is 0 Å². The van der Waals surface area contributed by atoms with Crippen LogP contribution in [-0.2, 0) is 13.6 Å². The number of likely N-dealkylation sites (N-methyl/N-ethyl adjacent to an activating group) is 1. The average molecular weight is 419 g/mol. The van der Waals surface area contributed by atoms with Crippen LogP contribution >= 0.6 is 0 Å². The molecule has 31 heavy (non-hydrogen) atoms. The van der Waals surface area contributed by atoms with Gasteiger partial charge in [0.25, 0.3) is 11.1 Å². The van der Waals surface area contributed by atoms with Gasteiger partial charge in [-0.2, -0.15) is 0 Å². The van der Waals surface area contributed by atoms with Crippen LogP contribution in [0.15, 0.2) is 58.1 Å². The van der Waals surface area contributed by atoms with E-state index in [4.69, 9.17) is 0 Å². The number of rotatable bonds is 4. The van der Waals surface area contributed by atoms with Gasteiger partial charge in [-0.15, -0.1) is 0 Å². The van der Waals surface area contributed by atoms with Crippen molar-refractivity contribution in [1.29, 1.82) is 0 Å². The molecule has 2 aromatic heterocycles. The van der Waals surface area contributed by atoms with Gasteiger partial charge in [-0.1, -0.05) is 24.3 Å². The quantitative estimate of drug-likeness (QED) is 0.653. The lowest BCUT2D eigenvalue weighted by Gasteiger charge is -2.47. The first-order chi connectivity index (χ1) is 14.9. The van der Waals surface area contributed by atoms with E-state index in [0.717, 1.165) is 48.2 Å². The molecule has 0 amide bonds. The summed E-state index contributed by atoms with van der Waals surface area (Å²) in [5.41, 5.74) is 3.14. The highest BCUT2D eigenvalue weighted by Crippen LogP contribution is 2.41. The Hall–Kier alpha value is -2.70. The Kier molecular flexibility index (Phi) is 5.07. The molecule has 3 atom stereocenters. The van der Waals surface area contributed by atoms with E-state index in [-0.39, 0.29) is 17.2 Å². The summed E-state index contributed by atoms with van der Waals surface area (Å²) in [5, 5.41) is 1.10. The molecule has 0 radical (unpaired) electrons. The van der Waals surface area contributed by atoms with E-state index in [1.807, 2.05) is 35.9 Å². The Bertz CT molecular complexity index is 1240. The molecule has 0 saturated carbocycles. The highest BCUT2D eigenvalue weighted by Gasteiger charge is 2.40. The van der Waals surface area contributed by atoms with Gasteiger partial charge < -0.3 is 14.0 Å². The van der Waals surface area contributed by atoms with Crippen LogP contribution < -0.4 is 11.1 Å². The van der Waals surface area contributed by atoms with E-state index >= 15 is 0 Å². The van der Waals surface area contributed by atoms with Gasteiger partial charge in [0.15, 0.2) is 0 Å². The van der Waals surface area contributed by atoms with Crippen molar-refractivity contribution in [2.75, 3.05) is 33.7 Å². The molecule has 2 bridgehead atoms. The van der Waals surface area contributed by atoms with Crippen molar-refractivity contribution in [2.24, 2.45) is 13.0 Å². The van der Waals surface area contributed by atoms with Crippen LogP contribution in [0.3, 0.4) is 0 Å². The lowest BCUT2D eigenvalue weighted by atomic mass is 9.78. The minimum atomic E-state index is 0.0795. The van der Waals surface area contributed by atoms with Crippen molar-refractivity contribution in [3.63, 3.8) is 0 Å². The molecule has 5 rings (SSSR count). The van der Waals surface area contributed by atoms with Crippen LogP contribution in [0.25, 0.3) is 10.9 Å². The van der Waals surface area contributed by atoms with Gasteiger partial charge >= 0.3 is 0 Å². The molecule has 2 aliphatic rings. The largest absolute Gasteiger partial charge is 0.311 e. The van der Waals surface area contributed by atoms with Crippen molar-refractivity contribution in [3.8, 4) is 0 Å². The van der Waals surface area contributed by atoms with Crippen molar-refractivity contribution >= 4 is 10.9 Å². The maximum absolute atomic E-state index is 13.0. The van der Waals surface area contributed by atoms with Gasteiger partial charge in [0, 0.05) is 56.5 Å². The predicted octanol–water partition coefficient (Wildman–Crippen LogP) is 2.42. The number of hydrogen-bond acceptors (Lipinski definition) is 4. The number of fused-ring (bicyclic) bond motifs is 5. The maximum atomic E-state index is 13.0. The number of hydrogen-bond donors (Lipinski definition) is 0. The second kappa shape index (κ2) is 7.77. The van der Waals surface area contributed by atoms with Crippen molar-refractivity contribution in [1.82, 2.24) is 18.9 Å². The van der Waals surface area contributed by atoms with Gasteiger partial charge in [-0.25, -0.2) is 0 Å². The van der Waals surface area contributed by atoms with Crippen LogP contribution in [-0.4, -0.2) is 52.7 Å². The second-order valence-corrected chi connectivity index (χ2v) is 9.47. The number of benzene rings is 1. The number of pyridine rings is 2. The molecule has 1 fully saturated rings. The van der Waals surface area contributed by atoms with E-state index in [1.54, 1.807) is 10.6 Å². The molecule has 6 heteroatoms. The summed E-state index contributed by atoms with van der Waals surface area (Å²) in [5.74, 6) is 0.730. The van der Waals surface area contributed by atoms with Gasteiger partial charge in [-0.05, 0) is 50.0 Å². The second-order valence-electron chi connectivity index (χ2n) is 9.47. The Morgan fingerprint density at radius 3 is 2.65 bits per heavy atom. The molecule has 3 aromatic rings. The third kappa shape index (κ3) is 3.54. The molecular weight excluding hydrogens is 388 g/mol. The first-order valence-corrected chi connectivity index (χ1v) is 11.1. The highest BCUT2D eigenvalue weighted by atomic mass is 16.1. The minimum absolute atomic E-state index is 0.0795. The number of likely N-dealkylation sites (tertiary alicyclic amines) is 1. The van der Waals surface area contributed by atoms with E-state index in [1.165, 1.54) is 0 Å². The fourth-order valence-corrected chi connectivity index (χ4v) is 5.72. The Labute approximate surface area is 182 Å². The molecule has 2 aliphatic heterocycles.